The molecule has 1 atom stereocenters. The lowest BCUT2D eigenvalue weighted by atomic mass is 10.2. The molecule has 0 N–H and O–H groups in total. The van der Waals surface area contributed by atoms with Gasteiger partial charge < -0.3 is 9.64 Å². The van der Waals surface area contributed by atoms with E-state index >= 15 is 0 Å². The third-order valence-electron chi connectivity index (χ3n) is 2.60. The second-order valence-corrected chi connectivity index (χ2v) is 4.03. The smallest absolute Gasteiger partial charge is 0.305 e. The minimum atomic E-state index is -0.137. The van der Waals surface area contributed by atoms with Crippen molar-refractivity contribution in [3.05, 3.63) is 30.3 Å². The van der Waals surface area contributed by atoms with Crippen molar-refractivity contribution < 1.29 is 9.53 Å². The lowest BCUT2D eigenvalue weighted by Crippen LogP contribution is -2.33. The van der Waals surface area contributed by atoms with E-state index in [0.717, 1.165) is 18.8 Å². The second kappa shape index (κ2) is 6.94. The number of carbonyl (C=O) groups is 1. The molecular formula is C14H21NO2. The molecule has 0 saturated heterocycles. The third-order valence-corrected chi connectivity index (χ3v) is 2.60. The average molecular weight is 235 g/mol. The molecule has 3 nitrogen and oxygen atoms in total. The molecule has 0 radical (unpaired) electrons. The van der Waals surface area contributed by atoms with Gasteiger partial charge in [0, 0.05) is 18.7 Å². The van der Waals surface area contributed by atoms with Gasteiger partial charge in [-0.1, -0.05) is 25.1 Å². The van der Waals surface area contributed by atoms with Crippen LogP contribution in [0.2, 0.25) is 0 Å². The van der Waals surface area contributed by atoms with Gasteiger partial charge in [0.05, 0.1) is 6.54 Å². The predicted molar refractivity (Wildman–Crippen MR) is 70.2 cm³/mol. The largest absolute Gasteiger partial charge is 0.461 e. The van der Waals surface area contributed by atoms with Gasteiger partial charge in [-0.25, -0.2) is 0 Å². The van der Waals surface area contributed by atoms with Crippen LogP contribution in [0.4, 0.5) is 5.69 Å². The first-order valence-electron chi connectivity index (χ1n) is 6.16. The Bertz CT molecular complexity index is 337. The third kappa shape index (κ3) is 4.47. The van der Waals surface area contributed by atoms with Crippen molar-refractivity contribution >= 4 is 11.7 Å². The number of benzene rings is 1. The highest BCUT2D eigenvalue weighted by Gasteiger charge is 2.12. The molecule has 0 fully saturated rings. The molecule has 1 aromatic rings. The van der Waals surface area contributed by atoms with E-state index in [-0.39, 0.29) is 12.1 Å². The maximum Gasteiger partial charge on any atom is 0.305 e. The van der Waals surface area contributed by atoms with E-state index in [0.29, 0.717) is 6.42 Å². The van der Waals surface area contributed by atoms with Crippen LogP contribution in [0.15, 0.2) is 30.3 Å². The number of para-hydroxylation sites is 1. The van der Waals surface area contributed by atoms with Crippen LogP contribution in [-0.4, -0.2) is 25.2 Å². The molecule has 1 unspecified atom stereocenters. The lowest BCUT2D eigenvalue weighted by molar-refractivity contribution is -0.147. The molecule has 0 amide bonds. The fraction of sp³-hybridized carbons (Fsp3) is 0.500. The van der Waals surface area contributed by atoms with Crippen molar-refractivity contribution in [3.8, 4) is 0 Å². The number of ether oxygens (including phenoxy) is 1. The Morgan fingerprint density at radius 2 is 1.94 bits per heavy atom. The van der Waals surface area contributed by atoms with Crippen molar-refractivity contribution in [3.63, 3.8) is 0 Å². The Balaban J connectivity index is 2.55. The van der Waals surface area contributed by atoms with Gasteiger partial charge in [0.15, 0.2) is 0 Å². The number of hydrogen-bond donors (Lipinski definition) is 0. The molecular weight excluding hydrogens is 214 g/mol. The fourth-order valence-corrected chi connectivity index (χ4v) is 1.71. The summed E-state index contributed by atoms with van der Waals surface area (Å²) in [5, 5.41) is 0. The Hall–Kier alpha value is -1.51. The van der Waals surface area contributed by atoms with Crippen molar-refractivity contribution in [2.24, 2.45) is 0 Å². The first-order chi connectivity index (χ1) is 8.17. The maximum atomic E-state index is 11.2. The summed E-state index contributed by atoms with van der Waals surface area (Å²) in [4.78, 5) is 13.4. The Kier molecular flexibility index (Phi) is 5.53. The zero-order chi connectivity index (χ0) is 12.7. The number of nitrogens with zero attached hydrogens (tertiary/aromatic N) is 1. The van der Waals surface area contributed by atoms with E-state index in [1.165, 1.54) is 0 Å². The van der Waals surface area contributed by atoms with E-state index in [1.807, 2.05) is 32.0 Å². The Morgan fingerprint density at radius 1 is 1.29 bits per heavy atom. The normalized spacial score (nSPS) is 11.9. The summed E-state index contributed by atoms with van der Waals surface area (Å²) in [6.07, 6.45) is 0.351. The van der Waals surface area contributed by atoms with Crippen LogP contribution in [0.5, 0.6) is 0 Å². The number of hydrogen-bond acceptors (Lipinski definition) is 3. The number of esters is 1. The minimum absolute atomic E-state index is 0.0809. The van der Waals surface area contributed by atoms with Gasteiger partial charge in [-0.2, -0.15) is 0 Å². The van der Waals surface area contributed by atoms with E-state index in [9.17, 15) is 4.79 Å². The number of rotatable bonds is 6. The fourth-order valence-electron chi connectivity index (χ4n) is 1.71. The van der Waals surface area contributed by atoms with E-state index in [1.54, 1.807) is 0 Å². The molecule has 0 aliphatic heterocycles. The van der Waals surface area contributed by atoms with Crippen LogP contribution < -0.4 is 4.90 Å². The van der Waals surface area contributed by atoms with Gasteiger partial charge in [-0.05, 0) is 26.0 Å². The molecule has 94 valence electrons. The topological polar surface area (TPSA) is 29.5 Å². The summed E-state index contributed by atoms with van der Waals surface area (Å²) >= 11 is 0. The molecule has 0 saturated carbocycles. The van der Waals surface area contributed by atoms with Crippen molar-refractivity contribution in [1.29, 1.82) is 0 Å². The minimum Gasteiger partial charge on any atom is -0.461 e. The van der Waals surface area contributed by atoms with Gasteiger partial charge in [0.2, 0.25) is 0 Å². The highest BCUT2D eigenvalue weighted by molar-refractivity contribution is 5.69. The Morgan fingerprint density at radius 3 is 2.47 bits per heavy atom. The van der Waals surface area contributed by atoms with Crippen LogP contribution in [0.25, 0.3) is 0 Å². The molecule has 1 rings (SSSR count). The molecule has 3 heteroatoms. The van der Waals surface area contributed by atoms with Crippen LogP contribution >= 0.6 is 0 Å². The molecule has 0 bridgehead atoms. The van der Waals surface area contributed by atoms with Crippen molar-refractivity contribution in [2.45, 2.75) is 33.3 Å². The molecule has 0 aliphatic rings. The highest BCUT2D eigenvalue weighted by atomic mass is 16.5. The average Bonchev–Trinajstić information content (AvgIpc) is 2.36. The predicted octanol–water partition coefficient (Wildman–Crippen LogP) is 2.85. The van der Waals surface area contributed by atoms with Gasteiger partial charge in [-0.3, -0.25) is 4.79 Å². The summed E-state index contributed by atoms with van der Waals surface area (Å²) in [6, 6.07) is 10.2. The second-order valence-electron chi connectivity index (χ2n) is 4.03. The molecule has 0 aliphatic carbocycles. The van der Waals surface area contributed by atoms with E-state index < -0.39 is 0 Å². The van der Waals surface area contributed by atoms with Gasteiger partial charge >= 0.3 is 5.97 Å². The standard InChI is InChI=1S/C14H21NO2/c1-4-14(16)17-12(3)11-15(5-2)13-9-7-6-8-10-13/h6-10,12H,4-5,11H2,1-3H3. The monoisotopic (exact) mass is 235 g/mol. The summed E-state index contributed by atoms with van der Waals surface area (Å²) in [5.41, 5.74) is 1.16. The van der Waals surface area contributed by atoms with Crippen molar-refractivity contribution in [1.82, 2.24) is 0 Å². The summed E-state index contributed by atoms with van der Waals surface area (Å²) in [5.74, 6) is -0.137. The number of anilines is 1. The molecule has 0 spiro atoms. The molecule has 17 heavy (non-hydrogen) atoms. The molecule has 0 heterocycles. The molecule has 1 aromatic carbocycles. The SMILES string of the molecule is CCC(=O)OC(C)CN(CC)c1ccccc1. The molecule has 0 aromatic heterocycles. The van der Waals surface area contributed by atoms with Crippen molar-refractivity contribution in [2.75, 3.05) is 18.0 Å². The van der Waals surface area contributed by atoms with Crippen LogP contribution in [0.1, 0.15) is 27.2 Å². The number of carbonyl (C=O) groups excluding carboxylic acids is 1. The first kappa shape index (κ1) is 13.6. The van der Waals surface area contributed by atoms with E-state index in [2.05, 4.69) is 24.0 Å². The van der Waals surface area contributed by atoms with Crippen LogP contribution in [0, 0.1) is 0 Å². The van der Waals surface area contributed by atoms with Gasteiger partial charge in [0.25, 0.3) is 0 Å². The highest BCUT2D eigenvalue weighted by Crippen LogP contribution is 2.13. The zero-order valence-corrected chi connectivity index (χ0v) is 10.8. The van der Waals surface area contributed by atoms with Gasteiger partial charge in [0.1, 0.15) is 6.10 Å². The van der Waals surface area contributed by atoms with Crippen LogP contribution in [0.3, 0.4) is 0 Å². The number of likely N-dealkylation sites (N-methyl/N-ethyl adjacent to an activating group) is 1. The lowest BCUT2D eigenvalue weighted by Gasteiger charge is -2.26. The zero-order valence-electron chi connectivity index (χ0n) is 10.8. The summed E-state index contributed by atoms with van der Waals surface area (Å²) in [7, 11) is 0. The van der Waals surface area contributed by atoms with E-state index in [4.69, 9.17) is 4.74 Å². The quantitative estimate of drug-likeness (QED) is 0.710. The summed E-state index contributed by atoms with van der Waals surface area (Å²) < 4.78 is 5.27. The summed E-state index contributed by atoms with van der Waals surface area (Å²) in [6.45, 7) is 7.47. The van der Waals surface area contributed by atoms with Gasteiger partial charge in [-0.15, -0.1) is 0 Å². The Labute approximate surface area is 103 Å². The van der Waals surface area contributed by atoms with Crippen LogP contribution in [-0.2, 0) is 9.53 Å². The maximum absolute atomic E-state index is 11.2. The first-order valence-corrected chi connectivity index (χ1v) is 6.16.